The zero-order valence-corrected chi connectivity index (χ0v) is 12.1. The van der Waals surface area contributed by atoms with Crippen molar-refractivity contribution in [3.63, 3.8) is 0 Å². The van der Waals surface area contributed by atoms with Gasteiger partial charge in [-0.05, 0) is 20.3 Å². The fourth-order valence-corrected chi connectivity index (χ4v) is 3.49. The number of nitrogens with one attached hydrogen (secondary N) is 1. The van der Waals surface area contributed by atoms with Crippen LogP contribution in [0.2, 0.25) is 0 Å². The molecule has 3 atom stereocenters. The van der Waals surface area contributed by atoms with E-state index in [9.17, 15) is 0 Å². The second-order valence-corrected chi connectivity index (χ2v) is 6.41. The number of aromatic nitrogens is 1. The molecule has 1 N–H and O–H groups in total. The molecule has 0 radical (unpaired) electrons. The lowest BCUT2D eigenvalue weighted by Crippen LogP contribution is -2.60. The van der Waals surface area contributed by atoms with E-state index >= 15 is 0 Å². The van der Waals surface area contributed by atoms with Crippen molar-refractivity contribution in [3.8, 4) is 0 Å². The van der Waals surface area contributed by atoms with Crippen LogP contribution in [-0.4, -0.2) is 24.2 Å². The summed E-state index contributed by atoms with van der Waals surface area (Å²) in [5.41, 5.74) is 3.30. The van der Waals surface area contributed by atoms with E-state index in [1.54, 1.807) is 18.4 Å². The SMILES string of the molecule is COC1CC(NC(C)c2scnc2C)C1(C)C. The molecular formula is C13H22N2OS. The van der Waals surface area contributed by atoms with Crippen LogP contribution in [0.4, 0.5) is 0 Å². The Morgan fingerprint density at radius 1 is 1.59 bits per heavy atom. The van der Waals surface area contributed by atoms with Crippen molar-refractivity contribution in [2.75, 3.05) is 7.11 Å². The average molecular weight is 254 g/mol. The molecule has 3 unspecified atom stereocenters. The van der Waals surface area contributed by atoms with E-state index in [0.717, 1.165) is 12.1 Å². The molecule has 3 nitrogen and oxygen atoms in total. The zero-order valence-electron chi connectivity index (χ0n) is 11.3. The van der Waals surface area contributed by atoms with Gasteiger partial charge in [0.2, 0.25) is 0 Å². The summed E-state index contributed by atoms with van der Waals surface area (Å²) in [7, 11) is 1.80. The summed E-state index contributed by atoms with van der Waals surface area (Å²) in [6.07, 6.45) is 1.49. The summed E-state index contributed by atoms with van der Waals surface area (Å²) in [6.45, 7) is 8.84. The van der Waals surface area contributed by atoms with Gasteiger partial charge >= 0.3 is 0 Å². The predicted molar refractivity (Wildman–Crippen MR) is 71.4 cm³/mol. The Morgan fingerprint density at radius 3 is 2.76 bits per heavy atom. The van der Waals surface area contributed by atoms with Crippen LogP contribution < -0.4 is 5.32 Å². The zero-order chi connectivity index (χ0) is 12.6. The third-order valence-corrected chi connectivity index (χ3v) is 5.20. The minimum absolute atomic E-state index is 0.224. The van der Waals surface area contributed by atoms with Crippen molar-refractivity contribution in [1.29, 1.82) is 0 Å². The van der Waals surface area contributed by atoms with Gasteiger partial charge in [-0.15, -0.1) is 11.3 Å². The van der Waals surface area contributed by atoms with E-state index in [4.69, 9.17) is 4.74 Å². The Labute approximate surface area is 108 Å². The van der Waals surface area contributed by atoms with E-state index in [0.29, 0.717) is 18.2 Å². The first-order valence-corrected chi connectivity index (χ1v) is 7.03. The molecular weight excluding hydrogens is 232 g/mol. The first kappa shape index (κ1) is 13.0. The largest absolute Gasteiger partial charge is 0.381 e. The number of aryl methyl sites for hydroxylation is 1. The van der Waals surface area contributed by atoms with E-state index in [1.165, 1.54) is 4.88 Å². The van der Waals surface area contributed by atoms with Gasteiger partial charge in [-0.2, -0.15) is 0 Å². The van der Waals surface area contributed by atoms with Gasteiger partial charge in [-0.25, -0.2) is 4.98 Å². The number of methoxy groups -OCH3 is 1. The monoisotopic (exact) mass is 254 g/mol. The molecule has 1 heterocycles. The van der Waals surface area contributed by atoms with E-state index < -0.39 is 0 Å². The molecule has 0 amide bonds. The second kappa shape index (κ2) is 4.67. The molecule has 1 aromatic rings. The maximum atomic E-state index is 5.48. The maximum Gasteiger partial charge on any atom is 0.0798 e. The van der Waals surface area contributed by atoms with Gasteiger partial charge in [0, 0.05) is 29.5 Å². The number of ether oxygens (including phenoxy) is 1. The highest BCUT2D eigenvalue weighted by atomic mass is 32.1. The quantitative estimate of drug-likeness (QED) is 0.897. The highest BCUT2D eigenvalue weighted by Gasteiger charge is 2.48. The minimum atomic E-state index is 0.224. The van der Waals surface area contributed by atoms with Crippen molar-refractivity contribution in [1.82, 2.24) is 10.3 Å². The molecule has 0 saturated heterocycles. The lowest BCUT2D eigenvalue weighted by molar-refractivity contribution is -0.0998. The summed E-state index contributed by atoms with van der Waals surface area (Å²) in [4.78, 5) is 5.66. The topological polar surface area (TPSA) is 34.1 Å². The van der Waals surface area contributed by atoms with Gasteiger partial charge in [0.15, 0.2) is 0 Å². The molecule has 0 aliphatic heterocycles. The van der Waals surface area contributed by atoms with Crippen LogP contribution >= 0.6 is 11.3 Å². The normalized spacial score (nSPS) is 28.8. The van der Waals surface area contributed by atoms with E-state index in [1.807, 2.05) is 5.51 Å². The van der Waals surface area contributed by atoms with Crippen LogP contribution in [0, 0.1) is 12.3 Å². The predicted octanol–water partition coefficient (Wildman–Crippen LogP) is 2.92. The highest BCUT2D eigenvalue weighted by Crippen LogP contribution is 2.43. The van der Waals surface area contributed by atoms with Gasteiger partial charge in [0.25, 0.3) is 0 Å². The molecule has 1 aliphatic rings. The molecule has 1 aliphatic carbocycles. The lowest BCUT2D eigenvalue weighted by atomic mass is 9.64. The third kappa shape index (κ3) is 2.26. The Bertz CT molecular complexity index is 389. The van der Waals surface area contributed by atoms with E-state index in [-0.39, 0.29) is 5.41 Å². The van der Waals surface area contributed by atoms with Gasteiger partial charge in [-0.1, -0.05) is 13.8 Å². The smallest absolute Gasteiger partial charge is 0.0798 e. The number of nitrogens with zero attached hydrogens (tertiary/aromatic N) is 1. The first-order chi connectivity index (χ1) is 7.96. The fraction of sp³-hybridized carbons (Fsp3) is 0.769. The standard InChI is InChI=1S/C13H22N2OS/c1-8-12(17-7-14-8)9(2)15-10-6-11(16-5)13(10,3)4/h7,9-11,15H,6H2,1-5H3. The molecule has 0 spiro atoms. The summed E-state index contributed by atoms with van der Waals surface area (Å²) < 4.78 is 5.48. The summed E-state index contributed by atoms with van der Waals surface area (Å²) in [6, 6.07) is 0.911. The molecule has 1 aromatic heterocycles. The number of rotatable bonds is 4. The van der Waals surface area contributed by atoms with Crippen LogP contribution in [0.15, 0.2) is 5.51 Å². The maximum absolute atomic E-state index is 5.48. The summed E-state index contributed by atoms with van der Waals surface area (Å²) in [5, 5.41) is 3.70. The van der Waals surface area contributed by atoms with Crippen LogP contribution in [0.25, 0.3) is 0 Å². The van der Waals surface area contributed by atoms with Gasteiger partial charge < -0.3 is 10.1 Å². The number of hydrogen-bond acceptors (Lipinski definition) is 4. The minimum Gasteiger partial charge on any atom is -0.381 e. The van der Waals surface area contributed by atoms with Crippen LogP contribution in [0.5, 0.6) is 0 Å². The van der Waals surface area contributed by atoms with Crippen LogP contribution in [0.3, 0.4) is 0 Å². The lowest BCUT2D eigenvalue weighted by Gasteiger charge is -2.52. The highest BCUT2D eigenvalue weighted by molar-refractivity contribution is 7.09. The van der Waals surface area contributed by atoms with Gasteiger partial charge in [0.05, 0.1) is 17.3 Å². The number of hydrogen-bond donors (Lipinski definition) is 1. The molecule has 1 saturated carbocycles. The molecule has 17 heavy (non-hydrogen) atoms. The number of thiazole rings is 1. The Morgan fingerprint density at radius 2 is 2.29 bits per heavy atom. The molecule has 0 aromatic carbocycles. The van der Waals surface area contributed by atoms with Crippen molar-refractivity contribution < 1.29 is 4.74 Å². The average Bonchev–Trinajstić information content (AvgIpc) is 2.69. The van der Waals surface area contributed by atoms with E-state index in [2.05, 4.69) is 38.0 Å². The van der Waals surface area contributed by atoms with Crippen LogP contribution in [0.1, 0.15) is 43.8 Å². The Hall–Kier alpha value is -0.450. The molecule has 4 heteroatoms. The van der Waals surface area contributed by atoms with Crippen molar-refractivity contribution in [2.24, 2.45) is 5.41 Å². The van der Waals surface area contributed by atoms with Crippen LogP contribution in [-0.2, 0) is 4.74 Å². The van der Waals surface area contributed by atoms with Crippen molar-refractivity contribution in [3.05, 3.63) is 16.1 Å². The van der Waals surface area contributed by atoms with Crippen molar-refractivity contribution >= 4 is 11.3 Å². The van der Waals surface area contributed by atoms with Gasteiger partial charge in [-0.3, -0.25) is 0 Å². The molecule has 1 fully saturated rings. The third-order valence-electron chi connectivity index (χ3n) is 4.09. The molecule has 0 bridgehead atoms. The molecule has 96 valence electrons. The Balaban J connectivity index is 1.97. The fourth-order valence-electron chi connectivity index (χ4n) is 2.67. The second-order valence-electron chi connectivity index (χ2n) is 5.52. The summed E-state index contributed by atoms with van der Waals surface area (Å²) in [5.74, 6) is 0. The Kier molecular flexibility index (Phi) is 3.57. The van der Waals surface area contributed by atoms with Crippen molar-refractivity contribution in [2.45, 2.75) is 52.3 Å². The first-order valence-electron chi connectivity index (χ1n) is 6.15. The summed E-state index contributed by atoms with van der Waals surface area (Å²) >= 11 is 1.74. The van der Waals surface area contributed by atoms with Gasteiger partial charge in [0.1, 0.15) is 0 Å². The molecule has 2 rings (SSSR count).